The summed E-state index contributed by atoms with van der Waals surface area (Å²) in [5, 5.41) is 3.51. The van der Waals surface area contributed by atoms with E-state index in [1.165, 1.54) is 35.8 Å². The van der Waals surface area contributed by atoms with Crippen LogP contribution in [0.25, 0.3) is 0 Å². The van der Waals surface area contributed by atoms with Gasteiger partial charge < -0.3 is 10.2 Å². The lowest BCUT2D eigenvalue weighted by molar-refractivity contribution is 0.588. The van der Waals surface area contributed by atoms with Gasteiger partial charge in [-0.2, -0.15) is 11.8 Å². The van der Waals surface area contributed by atoms with Gasteiger partial charge in [0.2, 0.25) is 0 Å². The smallest absolute Gasteiger partial charge is 0.0412 e. The lowest BCUT2D eigenvalue weighted by Gasteiger charge is -2.30. The first kappa shape index (κ1) is 12.8. The van der Waals surface area contributed by atoms with Crippen molar-refractivity contribution in [2.45, 2.75) is 26.4 Å². The SMILES string of the molecule is CC(C)NCc1ccccc1N1CCSCC1. The zero-order chi connectivity index (χ0) is 12.1. The molecule has 0 amide bonds. The minimum absolute atomic E-state index is 0.542. The first-order valence-corrected chi connectivity index (χ1v) is 7.57. The van der Waals surface area contributed by atoms with Gasteiger partial charge in [0.05, 0.1) is 0 Å². The van der Waals surface area contributed by atoms with Gasteiger partial charge in [0.15, 0.2) is 0 Å². The lowest BCUT2D eigenvalue weighted by atomic mass is 10.1. The second-order valence-corrected chi connectivity index (χ2v) is 5.99. The first-order chi connectivity index (χ1) is 8.27. The van der Waals surface area contributed by atoms with E-state index in [-0.39, 0.29) is 0 Å². The summed E-state index contributed by atoms with van der Waals surface area (Å²) in [6.45, 7) is 7.73. The second kappa shape index (κ2) is 6.31. The molecule has 0 aromatic heterocycles. The van der Waals surface area contributed by atoms with Crippen molar-refractivity contribution >= 4 is 17.4 Å². The summed E-state index contributed by atoms with van der Waals surface area (Å²) >= 11 is 2.06. The molecule has 94 valence electrons. The summed E-state index contributed by atoms with van der Waals surface area (Å²) < 4.78 is 0. The van der Waals surface area contributed by atoms with Crippen molar-refractivity contribution < 1.29 is 0 Å². The van der Waals surface area contributed by atoms with Crippen LogP contribution in [0.4, 0.5) is 5.69 Å². The monoisotopic (exact) mass is 250 g/mol. The van der Waals surface area contributed by atoms with Crippen LogP contribution in [0.15, 0.2) is 24.3 Å². The van der Waals surface area contributed by atoms with Crippen molar-refractivity contribution in [3.05, 3.63) is 29.8 Å². The Labute approximate surface area is 109 Å². The van der Waals surface area contributed by atoms with Crippen LogP contribution in [-0.2, 0) is 6.54 Å². The number of nitrogens with one attached hydrogen (secondary N) is 1. The van der Waals surface area contributed by atoms with E-state index >= 15 is 0 Å². The maximum Gasteiger partial charge on any atom is 0.0412 e. The Morgan fingerprint density at radius 2 is 1.94 bits per heavy atom. The highest BCUT2D eigenvalue weighted by molar-refractivity contribution is 7.99. The fourth-order valence-electron chi connectivity index (χ4n) is 2.09. The zero-order valence-electron chi connectivity index (χ0n) is 10.8. The van der Waals surface area contributed by atoms with E-state index in [1.54, 1.807) is 0 Å². The van der Waals surface area contributed by atoms with Crippen LogP contribution in [0.3, 0.4) is 0 Å². The van der Waals surface area contributed by atoms with Gasteiger partial charge >= 0.3 is 0 Å². The quantitative estimate of drug-likeness (QED) is 0.884. The predicted octanol–water partition coefficient (Wildman–Crippen LogP) is 2.74. The predicted molar refractivity (Wildman–Crippen MR) is 78.0 cm³/mol. The average Bonchev–Trinajstić information content (AvgIpc) is 2.38. The normalized spacial score (nSPS) is 16.5. The minimum Gasteiger partial charge on any atom is -0.370 e. The molecule has 0 radical (unpaired) electrons. The largest absolute Gasteiger partial charge is 0.370 e. The first-order valence-electron chi connectivity index (χ1n) is 6.41. The van der Waals surface area contributed by atoms with Gasteiger partial charge in [0.1, 0.15) is 0 Å². The molecule has 1 aliphatic rings. The van der Waals surface area contributed by atoms with E-state index in [9.17, 15) is 0 Å². The molecule has 1 aromatic rings. The van der Waals surface area contributed by atoms with Crippen molar-refractivity contribution in [1.82, 2.24) is 5.32 Å². The van der Waals surface area contributed by atoms with Gasteiger partial charge in [-0.1, -0.05) is 32.0 Å². The van der Waals surface area contributed by atoms with Gasteiger partial charge in [-0.05, 0) is 11.6 Å². The van der Waals surface area contributed by atoms with Gasteiger partial charge in [-0.15, -0.1) is 0 Å². The zero-order valence-corrected chi connectivity index (χ0v) is 11.6. The Morgan fingerprint density at radius 3 is 2.65 bits per heavy atom. The number of nitrogens with zero attached hydrogens (tertiary/aromatic N) is 1. The molecule has 1 aromatic carbocycles. The third-order valence-corrected chi connectivity index (χ3v) is 3.99. The van der Waals surface area contributed by atoms with Crippen molar-refractivity contribution in [2.75, 3.05) is 29.5 Å². The fourth-order valence-corrected chi connectivity index (χ4v) is 2.99. The topological polar surface area (TPSA) is 15.3 Å². The van der Waals surface area contributed by atoms with Gasteiger partial charge in [0, 0.05) is 42.9 Å². The molecule has 2 nitrogen and oxygen atoms in total. The number of hydrogen-bond acceptors (Lipinski definition) is 3. The third kappa shape index (κ3) is 3.65. The van der Waals surface area contributed by atoms with Crippen molar-refractivity contribution in [2.24, 2.45) is 0 Å². The number of rotatable bonds is 4. The summed E-state index contributed by atoms with van der Waals surface area (Å²) in [6, 6.07) is 9.33. The van der Waals surface area contributed by atoms with Crippen LogP contribution in [0.5, 0.6) is 0 Å². The van der Waals surface area contributed by atoms with Gasteiger partial charge in [-0.3, -0.25) is 0 Å². The summed E-state index contributed by atoms with van der Waals surface area (Å²) in [7, 11) is 0. The molecular formula is C14H22N2S. The molecule has 0 atom stereocenters. The van der Waals surface area contributed by atoms with Gasteiger partial charge in [-0.25, -0.2) is 0 Å². The molecule has 1 aliphatic heterocycles. The molecular weight excluding hydrogens is 228 g/mol. The fraction of sp³-hybridized carbons (Fsp3) is 0.571. The third-order valence-electron chi connectivity index (χ3n) is 3.04. The molecule has 2 rings (SSSR count). The molecule has 1 heterocycles. The Hall–Kier alpha value is -0.670. The van der Waals surface area contributed by atoms with Crippen molar-refractivity contribution in [1.29, 1.82) is 0 Å². The van der Waals surface area contributed by atoms with Crippen LogP contribution in [0.1, 0.15) is 19.4 Å². The molecule has 1 N–H and O–H groups in total. The summed E-state index contributed by atoms with van der Waals surface area (Å²) in [6.07, 6.45) is 0. The van der Waals surface area contributed by atoms with E-state index in [1.807, 2.05) is 0 Å². The standard InChI is InChI=1S/C14H22N2S/c1-12(2)15-11-13-5-3-4-6-14(13)16-7-9-17-10-8-16/h3-6,12,15H,7-11H2,1-2H3. The van der Waals surface area contributed by atoms with E-state index in [2.05, 4.69) is 60.1 Å². The Kier molecular flexibility index (Phi) is 4.75. The molecule has 1 fully saturated rings. The summed E-state index contributed by atoms with van der Waals surface area (Å²) in [5.41, 5.74) is 2.84. The van der Waals surface area contributed by atoms with Crippen LogP contribution in [-0.4, -0.2) is 30.6 Å². The number of thioether (sulfide) groups is 1. The molecule has 0 spiro atoms. The van der Waals surface area contributed by atoms with E-state index in [0.717, 1.165) is 6.54 Å². The number of anilines is 1. The summed E-state index contributed by atoms with van der Waals surface area (Å²) in [5.74, 6) is 2.51. The highest BCUT2D eigenvalue weighted by Gasteiger charge is 2.13. The van der Waals surface area contributed by atoms with Crippen LogP contribution < -0.4 is 10.2 Å². The van der Waals surface area contributed by atoms with Crippen molar-refractivity contribution in [3.8, 4) is 0 Å². The molecule has 0 aliphatic carbocycles. The Bertz CT molecular complexity index is 346. The van der Waals surface area contributed by atoms with E-state index in [4.69, 9.17) is 0 Å². The average molecular weight is 250 g/mol. The minimum atomic E-state index is 0.542. The lowest BCUT2D eigenvalue weighted by Crippen LogP contribution is -2.34. The second-order valence-electron chi connectivity index (χ2n) is 4.76. The Balaban J connectivity index is 2.09. The maximum atomic E-state index is 3.51. The van der Waals surface area contributed by atoms with Crippen LogP contribution in [0.2, 0.25) is 0 Å². The summed E-state index contributed by atoms with van der Waals surface area (Å²) in [4.78, 5) is 2.52. The van der Waals surface area contributed by atoms with Crippen LogP contribution in [0, 0.1) is 0 Å². The molecule has 1 saturated heterocycles. The van der Waals surface area contributed by atoms with E-state index < -0.39 is 0 Å². The molecule has 3 heteroatoms. The molecule has 17 heavy (non-hydrogen) atoms. The van der Waals surface area contributed by atoms with Gasteiger partial charge in [0.25, 0.3) is 0 Å². The van der Waals surface area contributed by atoms with Crippen LogP contribution >= 0.6 is 11.8 Å². The maximum absolute atomic E-state index is 3.51. The van der Waals surface area contributed by atoms with Crippen molar-refractivity contribution in [3.63, 3.8) is 0 Å². The number of benzene rings is 1. The molecule has 0 bridgehead atoms. The highest BCUT2D eigenvalue weighted by Crippen LogP contribution is 2.23. The molecule has 0 saturated carbocycles. The van der Waals surface area contributed by atoms with E-state index in [0.29, 0.717) is 6.04 Å². The highest BCUT2D eigenvalue weighted by atomic mass is 32.2. The Morgan fingerprint density at radius 1 is 1.24 bits per heavy atom. The number of para-hydroxylation sites is 1. The number of hydrogen-bond donors (Lipinski definition) is 1. The molecule has 0 unspecified atom stereocenters.